The summed E-state index contributed by atoms with van der Waals surface area (Å²) in [6.45, 7) is 1.25. The van der Waals surface area contributed by atoms with E-state index in [0.29, 0.717) is 11.3 Å². The average Bonchev–Trinajstić information content (AvgIpc) is 3.03. The van der Waals surface area contributed by atoms with Crippen LogP contribution in [0.2, 0.25) is 0 Å². The molecule has 28 heavy (non-hydrogen) atoms. The van der Waals surface area contributed by atoms with Crippen molar-refractivity contribution in [1.29, 1.82) is 0 Å². The monoisotopic (exact) mass is 390 g/mol. The van der Waals surface area contributed by atoms with Gasteiger partial charge in [-0.3, -0.25) is 14.4 Å². The Bertz CT molecular complexity index is 940. The highest BCUT2D eigenvalue weighted by Gasteiger charge is 2.40. The number of benzene rings is 2. The third kappa shape index (κ3) is 4.05. The Labute approximate surface area is 159 Å². The molecule has 3 rings (SSSR count). The van der Waals surface area contributed by atoms with E-state index in [-0.39, 0.29) is 24.4 Å². The first kappa shape index (κ1) is 19.6. The molecule has 0 bridgehead atoms. The Morgan fingerprint density at radius 2 is 1.82 bits per heavy atom. The standard InChI is InChI=1S/C20H17F3N2O3/c1-12(26)13-5-4-6-15(9-13)24-19(28)14-10-18(27)25(11-14)17-8-3-2-7-16(17)20(21,22)23/h2-9,14H,10-11H2,1H3,(H,24,28). The van der Waals surface area contributed by atoms with Gasteiger partial charge in [0.25, 0.3) is 0 Å². The normalized spacial score (nSPS) is 16.9. The highest BCUT2D eigenvalue weighted by molar-refractivity contribution is 6.04. The Balaban J connectivity index is 1.77. The van der Waals surface area contributed by atoms with Gasteiger partial charge in [-0.2, -0.15) is 13.2 Å². The zero-order valence-electron chi connectivity index (χ0n) is 14.9. The van der Waals surface area contributed by atoms with Crippen LogP contribution in [-0.4, -0.2) is 24.1 Å². The van der Waals surface area contributed by atoms with E-state index in [2.05, 4.69) is 5.32 Å². The first-order chi connectivity index (χ1) is 13.2. The zero-order valence-corrected chi connectivity index (χ0v) is 14.9. The number of halogens is 3. The third-order valence-electron chi connectivity index (χ3n) is 4.53. The molecule has 1 atom stereocenters. The Morgan fingerprint density at radius 1 is 1.11 bits per heavy atom. The highest BCUT2D eigenvalue weighted by Crippen LogP contribution is 2.38. The summed E-state index contributed by atoms with van der Waals surface area (Å²) in [5.41, 5.74) is -0.368. The van der Waals surface area contributed by atoms with Crippen LogP contribution in [0, 0.1) is 5.92 Å². The van der Waals surface area contributed by atoms with E-state index in [0.717, 1.165) is 11.0 Å². The van der Waals surface area contributed by atoms with E-state index < -0.39 is 29.5 Å². The van der Waals surface area contributed by atoms with Crippen molar-refractivity contribution in [2.75, 3.05) is 16.8 Å². The van der Waals surface area contributed by atoms with Crippen LogP contribution < -0.4 is 10.2 Å². The minimum Gasteiger partial charge on any atom is -0.326 e. The van der Waals surface area contributed by atoms with Crippen molar-refractivity contribution >= 4 is 29.0 Å². The summed E-state index contributed by atoms with van der Waals surface area (Å²) in [6, 6.07) is 11.1. The molecule has 0 aliphatic carbocycles. The summed E-state index contributed by atoms with van der Waals surface area (Å²) < 4.78 is 39.7. The van der Waals surface area contributed by atoms with Gasteiger partial charge in [0, 0.05) is 24.2 Å². The van der Waals surface area contributed by atoms with Gasteiger partial charge in [-0.15, -0.1) is 0 Å². The maximum atomic E-state index is 13.2. The van der Waals surface area contributed by atoms with Crippen LogP contribution in [0.1, 0.15) is 29.3 Å². The number of alkyl halides is 3. The van der Waals surface area contributed by atoms with E-state index in [4.69, 9.17) is 0 Å². The number of Topliss-reactive ketones (excluding diaryl/α,β-unsaturated/α-hetero) is 1. The fraction of sp³-hybridized carbons (Fsp3) is 0.250. The van der Waals surface area contributed by atoms with Gasteiger partial charge < -0.3 is 10.2 Å². The third-order valence-corrected chi connectivity index (χ3v) is 4.53. The van der Waals surface area contributed by atoms with Gasteiger partial charge in [0.2, 0.25) is 11.8 Å². The highest BCUT2D eigenvalue weighted by atomic mass is 19.4. The van der Waals surface area contributed by atoms with Crippen molar-refractivity contribution in [3.63, 3.8) is 0 Å². The number of nitrogens with one attached hydrogen (secondary N) is 1. The first-order valence-electron chi connectivity index (χ1n) is 8.55. The number of para-hydroxylation sites is 1. The van der Waals surface area contributed by atoms with Gasteiger partial charge in [-0.25, -0.2) is 0 Å². The SMILES string of the molecule is CC(=O)c1cccc(NC(=O)C2CC(=O)N(c3ccccc3C(F)(F)F)C2)c1. The molecule has 2 amide bonds. The van der Waals surface area contributed by atoms with E-state index in [1.54, 1.807) is 18.2 Å². The summed E-state index contributed by atoms with van der Waals surface area (Å²) in [5, 5.41) is 2.62. The van der Waals surface area contributed by atoms with Crippen LogP contribution in [0.5, 0.6) is 0 Å². The molecular formula is C20H17F3N2O3. The molecule has 2 aromatic rings. The topological polar surface area (TPSA) is 66.5 Å². The van der Waals surface area contributed by atoms with Crippen LogP contribution in [0.3, 0.4) is 0 Å². The lowest BCUT2D eigenvalue weighted by molar-refractivity contribution is -0.137. The van der Waals surface area contributed by atoms with E-state index >= 15 is 0 Å². The number of hydrogen-bond donors (Lipinski definition) is 1. The number of carbonyl (C=O) groups excluding carboxylic acids is 3. The number of anilines is 2. The molecule has 1 saturated heterocycles. The van der Waals surface area contributed by atoms with Crippen molar-refractivity contribution in [2.24, 2.45) is 5.92 Å². The maximum Gasteiger partial charge on any atom is 0.418 e. The van der Waals surface area contributed by atoms with E-state index in [9.17, 15) is 27.6 Å². The molecule has 5 nitrogen and oxygen atoms in total. The van der Waals surface area contributed by atoms with Crippen LogP contribution in [0.15, 0.2) is 48.5 Å². The van der Waals surface area contributed by atoms with Gasteiger partial charge in [0.1, 0.15) is 0 Å². The lowest BCUT2D eigenvalue weighted by Gasteiger charge is -2.21. The summed E-state index contributed by atoms with van der Waals surface area (Å²) in [7, 11) is 0. The van der Waals surface area contributed by atoms with Crippen molar-refractivity contribution in [3.8, 4) is 0 Å². The zero-order chi connectivity index (χ0) is 20.5. The van der Waals surface area contributed by atoms with Crippen molar-refractivity contribution in [3.05, 3.63) is 59.7 Å². The molecule has 0 saturated carbocycles. The van der Waals surface area contributed by atoms with Crippen LogP contribution >= 0.6 is 0 Å². The molecule has 1 N–H and O–H groups in total. The molecule has 8 heteroatoms. The predicted octanol–water partition coefficient (Wildman–Crippen LogP) is 3.90. The van der Waals surface area contributed by atoms with Crippen molar-refractivity contribution in [1.82, 2.24) is 0 Å². The minimum atomic E-state index is -4.61. The van der Waals surface area contributed by atoms with Gasteiger partial charge in [0.05, 0.1) is 17.2 Å². The number of carbonyl (C=O) groups is 3. The summed E-state index contributed by atoms with van der Waals surface area (Å²) in [6.07, 6.45) is -4.80. The molecule has 1 aliphatic heterocycles. The summed E-state index contributed by atoms with van der Waals surface area (Å²) in [4.78, 5) is 37.2. The minimum absolute atomic E-state index is 0.149. The Hall–Kier alpha value is -3.16. The molecule has 0 spiro atoms. The molecule has 0 radical (unpaired) electrons. The molecule has 0 aromatic heterocycles. The molecule has 1 aliphatic rings. The Morgan fingerprint density at radius 3 is 2.50 bits per heavy atom. The number of nitrogens with zero attached hydrogens (tertiary/aromatic N) is 1. The number of hydrogen-bond acceptors (Lipinski definition) is 3. The van der Waals surface area contributed by atoms with Crippen LogP contribution in [0.4, 0.5) is 24.5 Å². The molecule has 1 fully saturated rings. The number of rotatable bonds is 4. The molecule has 2 aromatic carbocycles. The largest absolute Gasteiger partial charge is 0.418 e. The number of ketones is 1. The Kier molecular flexibility index (Phi) is 5.22. The van der Waals surface area contributed by atoms with Crippen LogP contribution in [0.25, 0.3) is 0 Å². The van der Waals surface area contributed by atoms with Crippen LogP contribution in [-0.2, 0) is 15.8 Å². The lowest BCUT2D eigenvalue weighted by atomic mass is 10.1. The second kappa shape index (κ2) is 7.46. The summed E-state index contributed by atoms with van der Waals surface area (Å²) >= 11 is 0. The first-order valence-corrected chi connectivity index (χ1v) is 8.55. The maximum absolute atomic E-state index is 13.2. The fourth-order valence-electron chi connectivity index (χ4n) is 3.13. The average molecular weight is 390 g/mol. The summed E-state index contributed by atoms with van der Waals surface area (Å²) in [5.74, 6) is -1.99. The second-order valence-electron chi connectivity index (χ2n) is 6.55. The second-order valence-corrected chi connectivity index (χ2v) is 6.55. The van der Waals surface area contributed by atoms with Gasteiger partial charge >= 0.3 is 6.18 Å². The molecule has 146 valence electrons. The van der Waals surface area contributed by atoms with Crippen molar-refractivity contribution in [2.45, 2.75) is 19.5 Å². The molecular weight excluding hydrogens is 373 g/mol. The quantitative estimate of drug-likeness (QED) is 0.806. The molecule has 1 heterocycles. The van der Waals surface area contributed by atoms with Gasteiger partial charge in [-0.1, -0.05) is 24.3 Å². The lowest BCUT2D eigenvalue weighted by Crippen LogP contribution is -2.29. The number of amides is 2. The van der Waals surface area contributed by atoms with Gasteiger partial charge in [-0.05, 0) is 31.2 Å². The van der Waals surface area contributed by atoms with Crippen molar-refractivity contribution < 1.29 is 27.6 Å². The molecule has 1 unspecified atom stereocenters. The predicted molar refractivity (Wildman–Crippen MR) is 97.0 cm³/mol. The smallest absolute Gasteiger partial charge is 0.326 e. The van der Waals surface area contributed by atoms with E-state index in [1.165, 1.54) is 31.2 Å². The van der Waals surface area contributed by atoms with Gasteiger partial charge in [0.15, 0.2) is 5.78 Å². The fourth-order valence-corrected chi connectivity index (χ4v) is 3.13. The van der Waals surface area contributed by atoms with E-state index in [1.807, 2.05) is 0 Å².